The zero-order chi connectivity index (χ0) is 13.9. The summed E-state index contributed by atoms with van der Waals surface area (Å²) in [5, 5.41) is -0.0825. The summed E-state index contributed by atoms with van der Waals surface area (Å²) < 4.78 is 8.38. The number of rotatable bonds is 2. The lowest BCUT2D eigenvalue weighted by molar-refractivity contribution is 0.0939. The van der Waals surface area contributed by atoms with Crippen LogP contribution in [0.2, 0.25) is 0 Å². The Morgan fingerprint density at radius 3 is 2.90 bits per heavy atom. The highest BCUT2D eigenvalue weighted by molar-refractivity contribution is 6.20. The zero-order valence-electron chi connectivity index (χ0n) is 11.8. The van der Waals surface area contributed by atoms with E-state index in [0.29, 0.717) is 18.2 Å². The fraction of sp³-hybridized carbons (Fsp3) is 0.562. The van der Waals surface area contributed by atoms with Crippen molar-refractivity contribution in [2.75, 3.05) is 0 Å². The first-order valence-electron chi connectivity index (χ1n) is 7.42. The van der Waals surface area contributed by atoms with Crippen molar-refractivity contribution < 1.29 is 4.74 Å². The number of halogens is 1. The van der Waals surface area contributed by atoms with Crippen molar-refractivity contribution in [3.05, 3.63) is 29.6 Å². The molecular formula is C16H19ClN2O. The fourth-order valence-corrected chi connectivity index (χ4v) is 3.94. The molecule has 4 heteroatoms. The summed E-state index contributed by atoms with van der Waals surface area (Å²) in [6, 6.07) is 6.77. The first-order chi connectivity index (χ1) is 9.65. The lowest BCUT2D eigenvalue weighted by Crippen LogP contribution is -2.22. The minimum Gasteiger partial charge on any atom is -0.373 e. The third-order valence-corrected chi connectivity index (χ3v) is 4.91. The molecule has 0 spiro atoms. The molecule has 20 heavy (non-hydrogen) atoms. The van der Waals surface area contributed by atoms with Crippen LogP contribution in [0.15, 0.2) is 18.2 Å². The number of imidazole rings is 1. The maximum absolute atomic E-state index is 6.39. The SMILES string of the molecule is Cc1cccc2c1nc(C(C)Cl)n2C1CC2CCC1O2. The normalized spacial score (nSPS) is 30.2. The minimum atomic E-state index is -0.0825. The molecule has 4 rings (SSSR count). The number of nitrogens with zero attached hydrogens (tertiary/aromatic N) is 2. The molecule has 2 saturated heterocycles. The van der Waals surface area contributed by atoms with E-state index in [2.05, 4.69) is 29.7 Å². The number of hydrogen-bond acceptors (Lipinski definition) is 2. The van der Waals surface area contributed by atoms with Gasteiger partial charge in [0.25, 0.3) is 0 Å². The highest BCUT2D eigenvalue weighted by atomic mass is 35.5. The molecule has 1 aromatic carbocycles. The second-order valence-corrected chi connectivity index (χ2v) is 6.73. The Morgan fingerprint density at radius 1 is 1.40 bits per heavy atom. The molecule has 2 fully saturated rings. The molecule has 2 aromatic rings. The van der Waals surface area contributed by atoms with Gasteiger partial charge in [-0.3, -0.25) is 0 Å². The number of para-hydroxylation sites is 1. The van der Waals surface area contributed by atoms with E-state index in [-0.39, 0.29) is 5.38 Å². The van der Waals surface area contributed by atoms with Gasteiger partial charge in [-0.1, -0.05) is 12.1 Å². The summed E-state index contributed by atoms with van der Waals surface area (Å²) in [7, 11) is 0. The van der Waals surface area contributed by atoms with E-state index in [1.807, 2.05) is 6.92 Å². The van der Waals surface area contributed by atoms with Crippen LogP contribution in [0.1, 0.15) is 49.0 Å². The number of benzene rings is 1. The van der Waals surface area contributed by atoms with Crippen molar-refractivity contribution in [1.29, 1.82) is 0 Å². The largest absolute Gasteiger partial charge is 0.373 e. The predicted octanol–water partition coefficient (Wildman–Crippen LogP) is 4.14. The number of fused-ring (bicyclic) bond motifs is 3. The van der Waals surface area contributed by atoms with Crippen LogP contribution in [-0.2, 0) is 4.74 Å². The molecule has 0 N–H and O–H groups in total. The Hall–Kier alpha value is -1.06. The summed E-state index contributed by atoms with van der Waals surface area (Å²) in [4.78, 5) is 4.82. The Bertz CT molecular complexity index is 664. The highest BCUT2D eigenvalue weighted by Gasteiger charge is 2.43. The molecule has 2 bridgehead atoms. The topological polar surface area (TPSA) is 27.1 Å². The summed E-state index contributed by atoms with van der Waals surface area (Å²) in [6.07, 6.45) is 4.24. The van der Waals surface area contributed by atoms with E-state index < -0.39 is 0 Å². The van der Waals surface area contributed by atoms with Crippen LogP contribution in [0.5, 0.6) is 0 Å². The van der Waals surface area contributed by atoms with Crippen molar-refractivity contribution in [2.45, 2.75) is 56.7 Å². The van der Waals surface area contributed by atoms with Gasteiger partial charge in [-0.2, -0.15) is 0 Å². The molecule has 2 aliphatic rings. The summed E-state index contributed by atoms with van der Waals surface area (Å²) in [5.41, 5.74) is 3.50. The molecular weight excluding hydrogens is 272 g/mol. The number of hydrogen-bond donors (Lipinski definition) is 0. The molecule has 4 atom stereocenters. The molecule has 0 aliphatic carbocycles. The molecule has 2 aliphatic heterocycles. The lowest BCUT2D eigenvalue weighted by atomic mass is 9.95. The quantitative estimate of drug-likeness (QED) is 0.777. The minimum absolute atomic E-state index is 0.0825. The van der Waals surface area contributed by atoms with Crippen molar-refractivity contribution in [1.82, 2.24) is 9.55 Å². The second kappa shape index (κ2) is 4.47. The van der Waals surface area contributed by atoms with Crippen LogP contribution in [0, 0.1) is 6.92 Å². The third kappa shape index (κ3) is 1.73. The number of alkyl halides is 1. The molecule has 4 unspecified atom stereocenters. The van der Waals surface area contributed by atoms with E-state index in [9.17, 15) is 0 Å². The zero-order valence-corrected chi connectivity index (χ0v) is 12.6. The van der Waals surface area contributed by atoms with Gasteiger partial charge in [0.15, 0.2) is 0 Å². The van der Waals surface area contributed by atoms with Crippen LogP contribution in [0.4, 0.5) is 0 Å². The van der Waals surface area contributed by atoms with Gasteiger partial charge >= 0.3 is 0 Å². The monoisotopic (exact) mass is 290 g/mol. The van der Waals surface area contributed by atoms with E-state index in [4.69, 9.17) is 21.3 Å². The number of aromatic nitrogens is 2. The summed E-state index contributed by atoms with van der Waals surface area (Å²) in [6.45, 7) is 4.11. The molecule has 3 heterocycles. The Morgan fingerprint density at radius 2 is 2.25 bits per heavy atom. The van der Waals surface area contributed by atoms with E-state index >= 15 is 0 Å². The second-order valence-electron chi connectivity index (χ2n) is 6.08. The molecule has 0 radical (unpaired) electrons. The van der Waals surface area contributed by atoms with Gasteiger partial charge in [0, 0.05) is 0 Å². The fourth-order valence-electron chi connectivity index (χ4n) is 3.79. The molecule has 0 saturated carbocycles. The highest BCUT2D eigenvalue weighted by Crippen LogP contribution is 2.44. The van der Waals surface area contributed by atoms with Crippen LogP contribution in [-0.4, -0.2) is 21.8 Å². The van der Waals surface area contributed by atoms with Crippen molar-refractivity contribution in [2.24, 2.45) is 0 Å². The van der Waals surface area contributed by atoms with Gasteiger partial charge < -0.3 is 9.30 Å². The Kier molecular flexibility index (Phi) is 2.83. The molecule has 3 nitrogen and oxygen atoms in total. The number of ether oxygens (including phenoxy) is 1. The lowest BCUT2D eigenvalue weighted by Gasteiger charge is -2.24. The number of aryl methyl sites for hydroxylation is 1. The first-order valence-corrected chi connectivity index (χ1v) is 7.86. The molecule has 106 valence electrons. The van der Waals surface area contributed by atoms with Crippen LogP contribution in [0.25, 0.3) is 11.0 Å². The maximum Gasteiger partial charge on any atom is 0.128 e. The third-order valence-electron chi connectivity index (χ3n) is 4.71. The smallest absolute Gasteiger partial charge is 0.128 e. The van der Waals surface area contributed by atoms with Crippen molar-refractivity contribution in [3.8, 4) is 0 Å². The Labute approximate surface area is 123 Å². The van der Waals surface area contributed by atoms with Crippen molar-refractivity contribution >= 4 is 22.6 Å². The molecule has 0 amide bonds. The first kappa shape index (κ1) is 12.7. The van der Waals surface area contributed by atoms with Gasteiger partial charge in [-0.05, 0) is 44.7 Å². The standard InChI is InChI=1S/C16H19ClN2O/c1-9-4-3-5-12-15(9)18-16(10(2)17)19(12)13-8-11-6-7-14(13)20-11/h3-5,10-11,13-14H,6-8H2,1-2H3. The Balaban J connectivity index is 1.92. The van der Waals surface area contributed by atoms with Crippen LogP contribution >= 0.6 is 11.6 Å². The van der Waals surface area contributed by atoms with Crippen molar-refractivity contribution in [3.63, 3.8) is 0 Å². The van der Waals surface area contributed by atoms with E-state index in [1.165, 1.54) is 17.5 Å². The molecule has 1 aromatic heterocycles. The van der Waals surface area contributed by atoms with Crippen LogP contribution < -0.4 is 0 Å². The predicted molar refractivity (Wildman–Crippen MR) is 80.3 cm³/mol. The van der Waals surface area contributed by atoms with Gasteiger partial charge in [0.05, 0.1) is 34.7 Å². The van der Waals surface area contributed by atoms with Gasteiger partial charge in [0.1, 0.15) is 5.82 Å². The average molecular weight is 291 g/mol. The van der Waals surface area contributed by atoms with Gasteiger partial charge in [-0.25, -0.2) is 4.98 Å². The summed E-state index contributed by atoms with van der Waals surface area (Å²) in [5.74, 6) is 0.983. The summed E-state index contributed by atoms with van der Waals surface area (Å²) >= 11 is 6.39. The van der Waals surface area contributed by atoms with Crippen LogP contribution in [0.3, 0.4) is 0 Å². The average Bonchev–Trinajstić information content (AvgIpc) is 3.11. The van der Waals surface area contributed by atoms with Gasteiger partial charge in [0.2, 0.25) is 0 Å². The van der Waals surface area contributed by atoms with E-state index in [0.717, 1.165) is 24.2 Å². The van der Waals surface area contributed by atoms with E-state index in [1.54, 1.807) is 0 Å². The van der Waals surface area contributed by atoms with Gasteiger partial charge in [-0.15, -0.1) is 11.6 Å². The maximum atomic E-state index is 6.39.